The number of aromatic nitrogens is 4. The standard InChI is InChI=1S/C24H24ClN5O3/c1-3-11-30(14-21-27-20-13-17(25)6-9-19(20)23(31)28-21)24(32)16-4-7-18(8-5-16)33-15-22-26-10-12-29(22)2/h4-10,12-13H,3,11,14-15H2,1-2H3,(H,27,28,31). The number of hydrogen-bond acceptors (Lipinski definition) is 5. The van der Waals surface area contributed by atoms with Crippen molar-refractivity contribution in [3.05, 3.63) is 87.4 Å². The lowest BCUT2D eigenvalue weighted by Crippen LogP contribution is -2.32. The van der Waals surface area contributed by atoms with E-state index >= 15 is 0 Å². The highest BCUT2D eigenvalue weighted by Gasteiger charge is 2.17. The molecular formula is C24H24ClN5O3. The van der Waals surface area contributed by atoms with Crippen LogP contribution in [-0.4, -0.2) is 36.9 Å². The zero-order chi connectivity index (χ0) is 23.4. The molecule has 33 heavy (non-hydrogen) atoms. The van der Waals surface area contributed by atoms with E-state index in [1.165, 1.54) is 0 Å². The fourth-order valence-electron chi connectivity index (χ4n) is 3.50. The molecule has 0 unspecified atom stereocenters. The molecule has 9 heteroatoms. The molecule has 0 atom stereocenters. The fourth-order valence-corrected chi connectivity index (χ4v) is 3.67. The molecular weight excluding hydrogens is 442 g/mol. The number of carbonyl (C=O) groups excluding carboxylic acids is 1. The molecule has 1 N–H and O–H groups in total. The van der Waals surface area contributed by atoms with E-state index < -0.39 is 0 Å². The van der Waals surface area contributed by atoms with Crippen LogP contribution in [0.2, 0.25) is 5.02 Å². The summed E-state index contributed by atoms with van der Waals surface area (Å²) in [6, 6.07) is 11.9. The number of halogens is 1. The number of nitrogens with zero attached hydrogens (tertiary/aromatic N) is 4. The lowest BCUT2D eigenvalue weighted by Gasteiger charge is -2.22. The molecule has 0 spiro atoms. The number of fused-ring (bicyclic) bond motifs is 1. The van der Waals surface area contributed by atoms with Crippen molar-refractivity contribution in [2.75, 3.05) is 6.54 Å². The fraction of sp³-hybridized carbons (Fsp3) is 0.250. The summed E-state index contributed by atoms with van der Waals surface area (Å²) in [7, 11) is 1.90. The van der Waals surface area contributed by atoms with Crippen LogP contribution in [0.4, 0.5) is 0 Å². The van der Waals surface area contributed by atoms with Crippen LogP contribution in [0.15, 0.2) is 59.7 Å². The molecule has 2 aromatic carbocycles. The number of aromatic amines is 1. The summed E-state index contributed by atoms with van der Waals surface area (Å²) in [6.45, 7) is 3.03. The number of H-pyrrole nitrogens is 1. The molecule has 0 aliphatic heterocycles. The summed E-state index contributed by atoms with van der Waals surface area (Å²) < 4.78 is 7.65. The number of imidazole rings is 1. The lowest BCUT2D eigenvalue weighted by atomic mass is 10.2. The largest absolute Gasteiger partial charge is 0.486 e. The number of aryl methyl sites for hydroxylation is 1. The Kier molecular flexibility index (Phi) is 6.74. The highest BCUT2D eigenvalue weighted by atomic mass is 35.5. The van der Waals surface area contributed by atoms with Gasteiger partial charge in [0.1, 0.15) is 24.0 Å². The van der Waals surface area contributed by atoms with Crippen LogP contribution >= 0.6 is 11.6 Å². The van der Waals surface area contributed by atoms with E-state index in [1.807, 2.05) is 24.7 Å². The molecule has 0 radical (unpaired) electrons. The van der Waals surface area contributed by atoms with Crippen LogP contribution in [0, 0.1) is 0 Å². The van der Waals surface area contributed by atoms with Crippen LogP contribution in [0.1, 0.15) is 35.4 Å². The van der Waals surface area contributed by atoms with Crippen LogP contribution in [0.25, 0.3) is 10.9 Å². The second kappa shape index (κ2) is 9.87. The monoisotopic (exact) mass is 465 g/mol. The minimum Gasteiger partial charge on any atom is -0.486 e. The van der Waals surface area contributed by atoms with Gasteiger partial charge < -0.3 is 19.2 Å². The topological polar surface area (TPSA) is 93.1 Å². The SMILES string of the molecule is CCCN(Cc1nc2cc(Cl)ccc2c(=O)[nH]1)C(=O)c1ccc(OCc2nccn2C)cc1. The summed E-state index contributed by atoms with van der Waals surface area (Å²) in [6.07, 6.45) is 4.34. The highest BCUT2D eigenvalue weighted by Crippen LogP contribution is 2.18. The highest BCUT2D eigenvalue weighted by molar-refractivity contribution is 6.31. The van der Waals surface area contributed by atoms with E-state index in [0.717, 1.165) is 12.2 Å². The second-order valence-corrected chi connectivity index (χ2v) is 8.10. The van der Waals surface area contributed by atoms with Gasteiger partial charge in [0.15, 0.2) is 0 Å². The van der Waals surface area contributed by atoms with Gasteiger partial charge in [-0.2, -0.15) is 0 Å². The average molecular weight is 466 g/mol. The Balaban J connectivity index is 1.49. The summed E-state index contributed by atoms with van der Waals surface area (Å²) in [5.74, 6) is 1.71. The number of benzene rings is 2. The van der Waals surface area contributed by atoms with Crippen molar-refractivity contribution in [3.63, 3.8) is 0 Å². The first-order chi connectivity index (χ1) is 15.9. The molecule has 0 fully saturated rings. The van der Waals surface area contributed by atoms with Gasteiger partial charge in [0, 0.05) is 36.6 Å². The van der Waals surface area contributed by atoms with Gasteiger partial charge in [-0.15, -0.1) is 0 Å². The quantitative estimate of drug-likeness (QED) is 0.425. The van der Waals surface area contributed by atoms with E-state index in [0.29, 0.717) is 46.2 Å². The Labute approximate surface area is 195 Å². The Morgan fingerprint density at radius 3 is 2.70 bits per heavy atom. The summed E-state index contributed by atoms with van der Waals surface area (Å²) in [5.41, 5.74) is 0.767. The van der Waals surface area contributed by atoms with Gasteiger partial charge >= 0.3 is 0 Å². The summed E-state index contributed by atoms with van der Waals surface area (Å²) in [4.78, 5) is 38.8. The third-order valence-corrected chi connectivity index (χ3v) is 5.46. The molecule has 4 aromatic rings. The molecule has 0 aliphatic rings. The maximum absolute atomic E-state index is 13.2. The molecule has 2 aromatic heterocycles. The van der Waals surface area contributed by atoms with Gasteiger partial charge in [-0.1, -0.05) is 18.5 Å². The van der Waals surface area contributed by atoms with Gasteiger partial charge in [0.25, 0.3) is 11.5 Å². The van der Waals surface area contributed by atoms with Gasteiger partial charge in [0.2, 0.25) is 0 Å². The lowest BCUT2D eigenvalue weighted by molar-refractivity contribution is 0.0739. The molecule has 1 amide bonds. The molecule has 0 saturated carbocycles. The number of amides is 1. The Bertz CT molecular complexity index is 1330. The van der Waals surface area contributed by atoms with E-state index in [9.17, 15) is 9.59 Å². The van der Waals surface area contributed by atoms with Crippen molar-refractivity contribution in [2.24, 2.45) is 7.05 Å². The van der Waals surface area contributed by atoms with Crippen molar-refractivity contribution in [1.29, 1.82) is 0 Å². The van der Waals surface area contributed by atoms with Crippen molar-refractivity contribution in [3.8, 4) is 5.75 Å². The van der Waals surface area contributed by atoms with Crippen LogP contribution in [0.3, 0.4) is 0 Å². The van der Waals surface area contributed by atoms with Crippen molar-refractivity contribution < 1.29 is 9.53 Å². The third kappa shape index (κ3) is 5.23. The molecule has 0 bridgehead atoms. The zero-order valence-electron chi connectivity index (χ0n) is 18.4. The molecule has 4 rings (SSSR count). The molecule has 8 nitrogen and oxygen atoms in total. The van der Waals surface area contributed by atoms with Crippen LogP contribution in [-0.2, 0) is 20.2 Å². The van der Waals surface area contributed by atoms with E-state index in [1.54, 1.807) is 53.6 Å². The maximum Gasteiger partial charge on any atom is 0.258 e. The van der Waals surface area contributed by atoms with Gasteiger partial charge in [-0.3, -0.25) is 9.59 Å². The minimum absolute atomic E-state index is 0.152. The number of nitrogens with one attached hydrogen (secondary N) is 1. The predicted molar refractivity (Wildman–Crippen MR) is 126 cm³/mol. The van der Waals surface area contributed by atoms with Gasteiger partial charge in [-0.25, -0.2) is 9.97 Å². The zero-order valence-corrected chi connectivity index (χ0v) is 19.2. The van der Waals surface area contributed by atoms with Gasteiger partial charge in [0.05, 0.1) is 17.4 Å². The number of ether oxygens (including phenoxy) is 1. The van der Waals surface area contributed by atoms with Crippen LogP contribution in [0.5, 0.6) is 5.75 Å². The molecule has 0 aliphatic carbocycles. The first-order valence-corrected chi connectivity index (χ1v) is 11.0. The van der Waals surface area contributed by atoms with Crippen molar-refractivity contribution in [2.45, 2.75) is 26.5 Å². The second-order valence-electron chi connectivity index (χ2n) is 7.67. The molecule has 2 heterocycles. The Morgan fingerprint density at radius 1 is 1.21 bits per heavy atom. The first kappa shape index (κ1) is 22.5. The first-order valence-electron chi connectivity index (χ1n) is 10.6. The smallest absolute Gasteiger partial charge is 0.258 e. The molecule has 0 saturated heterocycles. The van der Waals surface area contributed by atoms with E-state index in [2.05, 4.69) is 15.0 Å². The van der Waals surface area contributed by atoms with E-state index in [-0.39, 0.29) is 18.0 Å². The normalized spacial score (nSPS) is 11.0. The van der Waals surface area contributed by atoms with Crippen molar-refractivity contribution >= 4 is 28.4 Å². The maximum atomic E-state index is 13.2. The Hall–Kier alpha value is -3.65. The number of carbonyl (C=O) groups is 1. The summed E-state index contributed by atoms with van der Waals surface area (Å²) in [5, 5.41) is 0.955. The summed E-state index contributed by atoms with van der Waals surface area (Å²) >= 11 is 6.05. The Morgan fingerprint density at radius 2 is 2.00 bits per heavy atom. The predicted octanol–water partition coefficient (Wildman–Crippen LogP) is 3.94. The average Bonchev–Trinajstić information content (AvgIpc) is 3.21. The van der Waals surface area contributed by atoms with Gasteiger partial charge in [-0.05, 0) is 48.9 Å². The number of rotatable bonds is 8. The molecule has 170 valence electrons. The number of hydrogen-bond donors (Lipinski definition) is 1. The van der Waals surface area contributed by atoms with Crippen LogP contribution < -0.4 is 10.3 Å². The third-order valence-electron chi connectivity index (χ3n) is 5.23. The van der Waals surface area contributed by atoms with E-state index in [4.69, 9.17) is 16.3 Å². The minimum atomic E-state index is -0.259. The van der Waals surface area contributed by atoms with Crippen molar-refractivity contribution in [1.82, 2.24) is 24.4 Å².